The zero-order valence-electron chi connectivity index (χ0n) is 22.3. The molecule has 2 heterocycles. The molecule has 1 aromatic heterocycles. The summed E-state index contributed by atoms with van der Waals surface area (Å²) in [5, 5.41) is 0. The highest BCUT2D eigenvalue weighted by Gasteiger charge is 2.28. The first-order chi connectivity index (χ1) is 17.8. The minimum absolute atomic E-state index is 0.0392. The van der Waals surface area contributed by atoms with Crippen molar-refractivity contribution >= 4 is 11.6 Å². The summed E-state index contributed by atoms with van der Waals surface area (Å²) >= 11 is 0. The van der Waals surface area contributed by atoms with Crippen LogP contribution in [-0.2, 0) is 17.7 Å². The summed E-state index contributed by atoms with van der Waals surface area (Å²) < 4.78 is 31.9. The van der Waals surface area contributed by atoms with Crippen LogP contribution >= 0.6 is 0 Å². The Bertz CT molecular complexity index is 1230. The molecule has 198 valence electrons. The van der Waals surface area contributed by atoms with Crippen LogP contribution in [0.1, 0.15) is 32.9 Å². The Morgan fingerprint density at radius 3 is 2.30 bits per heavy atom. The summed E-state index contributed by atoms with van der Waals surface area (Å²) in [5.41, 5.74) is 5.74. The van der Waals surface area contributed by atoms with Gasteiger partial charge >= 0.3 is 0 Å². The van der Waals surface area contributed by atoms with E-state index in [0.717, 1.165) is 41.2 Å². The first kappa shape index (κ1) is 26.5. The lowest BCUT2D eigenvalue weighted by Gasteiger charge is -2.29. The number of rotatable bonds is 9. The SMILES string of the molecule is COc1ccc(CCN(C)C(=O)c2c(C)c(N3CCOCC3)c(C)n2Cc2ccc(F)cc2)cc1OC. The number of hydrogen-bond acceptors (Lipinski definition) is 5. The van der Waals surface area contributed by atoms with Crippen LogP contribution in [0, 0.1) is 19.7 Å². The Morgan fingerprint density at radius 1 is 1.00 bits per heavy atom. The van der Waals surface area contributed by atoms with Crippen molar-refractivity contribution in [1.82, 2.24) is 9.47 Å². The molecular formula is C29H36FN3O4. The molecule has 2 aromatic carbocycles. The summed E-state index contributed by atoms with van der Waals surface area (Å²) in [7, 11) is 5.06. The molecule has 0 atom stereocenters. The van der Waals surface area contributed by atoms with Crippen LogP contribution in [0.15, 0.2) is 42.5 Å². The molecule has 3 aromatic rings. The van der Waals surface area contributed by atoms with Crippen molar-refractivity contribution in [3.63, 3.8) is 0 Å². The standard InChI is InChI=1S/C29H36FN3O4/c1-20-27(32-14-16-37-17-15-32)21(2)33(19-23-6-9-24(30)10-7-23)28(20)29(34)31(3)13-12-22-8-11-25(35-4)26(18-22)36-5/h6-11,18H,12-17,19H2,1-5H3. The van der Waals surface area contributed by atoms with Gasteiger partial charge in [-0.2, -0.15) is 0 Å². The van der Waals surface area contributed by atoms with Gasteiger partial charge in [-0.15, -0.1) is 0 Å². The number of aromatic nitrogens is 1. The number of morpholine rings is 1. The Labute approximate surface area is 218 Å². The summed E-state index contributed by atoms with van der Waals surface area (Å²) in [5.74, 6) is 1.03. The van der Waals surface area contributed by atoms with Crippen LogP contribution in [0.2, 0.25) is 0 Å². The molecule has 0 saturated carbocycles. The maximum absolute atomic E-state index is 13.9. The molecule has 8 heteroatoms. The number of ether oxygens (including phenoxy) is 3. The van der Waals surface area contributed by atoms with E-state index in [4.69, 9.17) is 14.2 Å². The average Bonchev–Trinajstić information content (AvgIpc) is 3.16. The molecule has 0 aliphatic carbocycles. The molecule has 1 aliphatic heterocycles. The third-order valence-corrected chi connectivity index (χ3v) is 7.04. The lowest BCUT2D eigenvalue weighted by atomic mass is 10.1. The first-order valence-corrected chi connectivity index (χ1v) is 12.6. The van der Waals surface area contributed by atoms with E-state index in [1.165, 1.54) is 12.1 Å². The van der Waals surface area contributed by atoms with Gasteiger partial charge in [0.25, 0.3) is 5.91 Å². The molecule has 1 fully saturated rings. The summed E-state index contributed by atoms with van der Waals surface area (Å²) in [6.07, 6.45) is 0.676. The van der Waals surface area contributed by atoms with Crippen molar-refractivity contribution < 1.29 is 23.4 Å². The van der Waals surface area contributed by atoms with E-state index in [1.54, 1.807) is 31.3 Å². The Kier molecular flexibility index (Phi) is 8.38. The third kappa shape index (κ3) is 5.74. The highest BCUT2D eigenvalue weighted by Crippen LogP contribution is 2.33. The Balaban J connectivity index is 1.62. The number of amides is 1. The van der Waals surface area contributed by atoms with Crippen molar-refractivity contribution in [3.8, 4) is 11.5 Å². The van der Waals surface area contributed by atoms with Crippen LogP contribution in [0.4, 0.5) is 10.1 Å². The number of carbonyl (C=O) groups excluding carboxylic acids is 1. The zero-order valence-corrected chi connectivity index (χ0v) is 22.3. The second-order valence-corrected chi connectivity index (χ2v) is 9.39. The van der Waals surface area contributed by atoms with E-state index >= 15 is 0 Å². The molecule has 0 spiro atoms. The lowest BCUT2D eigenvalue weighted by Crippen LogP contribution is -2.36. The highest BCUT2D eigenvalue weighted by molar-refractivity contribution is 5.96. The first-order valence-electron chi connectivity index (χ1n) is 12.6. The second-order valence-electron chi connectivity index (χ2n) is 9.39. The van der Waals surface area contributed by atoms with E-state index in [0.29, 0.717) is 49.9 Å². The predicted molar refractivity (Wildman–Crippen MR) is 143 cm³/mol. The minimum Gasteiger partial charge on any atom is -0.493 e. The maximum atomic E-state index is 13.9. The topological polar surface area (TPSA) is 56.2 Å². The number of likely N-dealkylation sites (N-methyl/N-ethyl adjacent to an activating group) is 1. The van der Waals surface area contributed by atoms with Crippen LogP contribution in [0.5, 0.6) is 11.5 Å². The zero-order chi connectivity index (χ0) is 26.5. The van der Waals surface area contributed by atoms with Crippen molar-refractivity contribution in [2.24, 2.45) is 0 Å². The van der Waals surface area contributed by atoms with Crippen LogP contribution in [0.3, 0.4) is 0 Å². The quantitative estimate of drug-likeness (QED) is 0.426. The lowest BCUT2D eigenvalue weighted by molar-refractivity contribution is 0.0785. The molecule has 4 rings (SSSR count). The van der Waals surface area contributed by atoms with E-state index in [-0.39, 0.29) is 11.7 Å². The molecule has 1 aliphatic rings. The largest absolute Gasteiger partial charge is 0.493 e. The summed E-state index contributed by atoms with van der Waals surface area (Å²) in [4.78, 5) is 17.9. The number of carbonyl (C=O) groups is 1. The van der Waals surface area contributed by atoms with E-state index in [1.807, 2.05) is 32.2 Å². The second kappa shape index (κ2) is 11.7. The van der Waals surface area contributed by atoms with E-state index < -0.39 is 0 Å². The number of anilines is 1. The third-order valence-electron chi connectivity index (χ3n) is 7.04. The van der Waals surface area contributed by atoms with Gasteiger partial charge in [-0.1, -0.05) is 18.2 Å². The predicted octanol–water partition coefficient (Wildman–Crippen LogP) is 4.46. The number of benzene rings is 2. The number of nitrogens with zero attached hydrogens (tertiary/aromatic N) is 3. The van der Waals surface area contributed by atoms with Gasteiger partial charge in [-0.25, -0.2) is 4.39 Å². The van der Waals surface area contributed by atoms with Gasteiger partial charge in [-0.3, -0.25) is 4.79 Å². The molecule has 37 heavy (non-hydrogen) atoms. The number of hydrogen-bond donors (Lipinski definition) is 0. The normalized spacial score (nSPS) is 13.5. The van der Waals surface area contributed by atoms with Crippen LogP contribution < -0.4 is 14.4 Å². The van der Waals surface area contributed by atoms with Crippen LogP contribution in [0.25, 0.3) is 0 Å². The van der Waals surface area contributed by atoms with Crippen molar-refractivity contribution in [2.75, 3.05) is 59.0 Å². The molecule has 0 radical (unpaired) electrons. The Morgan fingerprint density at radius 2 is 1.65 bits per heavy atom. The Hall–Kier alpha value is -3.52. The number of halogens is 1. The molecule has 0 N–H and O–H groups in total. The van der Waals surface area contributed by atoms with Gasteiger partial charge in [0, 0.05) is 44.5 Å². The van der Waals surface area contributed by atoms with Gasteiger partial charge < -0.3 is 28.6 Å². The van der Waals surface area contributed by atoms with Crippen molar-refractivity contribution in [3.05, 3.63) is 76.4 Å². The fraction of sp³-hybridized carbons (Fsp3) is 0.414. The number of methoxy groups -OCH3 is 2. The van der Waals surface area contributed by atoms with Crippen molar-refractivity contribution in [1.29, 1.82) is 0 Å². The van der Waals surface area contributed by atoms with Gasteiger partial charge in [0.05, 0.1) is 33.1 Å². The fourth-order valence-electron chi connectivity index (χ4n) is 5.00. The maximum Gasteiger partial charge on any atom is 0.270 e. The van der Waals surface area contributed by atoms with Gasteiger partial charge in [-0.05, 0) is 55.7 Å². The smallest absolute Gasteiger partial charge is 0.270 e. The van der Waals surface area contributed by atoms with Gasteiger partial charge in [0.1, 0.15) is 11.5 Å². The monoisotopic (exact) mass is 509 g/mol. The van der Waals surface area contributed by atoms with Crippen LogP contribution in [-0.4, -0.2) is 69.5 Å². The highest BCUT2D eigenvalue weighted by atomic mass is 19.1. The molecule has 0 bridgehead atoms. The molecule has 0 unspecified atom stereocenters. The molecular weight excluding hydrogens is 473 g/mol. The molecule has 1 saturated heterocycles. The summed E-state index contributed by atoms with van der Waals surface area (Å²) in [6, 6.07) is 12.3. The molecule has 1 amide bonds. The van der Waals surface area contributed by atoms with Crippen molar-refractivity contribution in [2.45, 2.75) is 26.8 Å². The van der Waals surface area contributed by atoms with E-state index in [2.05, 4.69) is 16.4 Å². The summed E-state index contributed by atoms with van der Waals surface area (Å²) in [6.45, 7) is 8.00. The van der Waals surface area contributed by atoms with Gasteiger partial charge in [0.2, 0.25) is 0 Å². The molecule has 7 nitrogen and oxygen atoms in total. The minimum atomic E-state index is -0.274. The average molecular weight is 510 g/mol. The van der Waals surface area contributed by atoms with Gasteiger partial charge in [0.15, 0.2) is 11.5 Å². The van der Waals surface area contributed by atoms with E-state index in [9.17, 15) is 9.18 Å². The fourth-order valence-corrected chi connectivity index (χ4v) is 5.00.